The van der Waals surface area contributed by atoms with Gasteiger partial charge in [-0.25, -0.2) is 0 Å². The minimum atomic E-state index is -0.360. The van der Waals surface area contributed by atoms with Crippen LogP contribution in [0.2, 0.25) is 0 Å². The Morgan fingerprint density at radius 2 is 1.94 bits per heavy atom. The smallest absolute Gasteiger partial charge is 0.0900 e. The first-order valence-corrected chi connectivity index (χ1v) is 7.25. The van der Waals surface area contributed by atoms with E-state index in [0.29, 0.717) is 19.8 Å². The third-order valence-corrected chi connectivity index (χ3v) is 4.14. The summed E-state index contributed by atoms with van der Waals surface area (Å²) in [7, 11) is 1.66. The Bertz CT molecular complexity index is 225. The van der Waals surface area contributed by atoms with Gasteiger partial charge in [0, 0.05) is 26.7 Å². The van der Waals surface area contributed by atoms with Crippen LogP contribution in [0.4, 0.5) is 0 Å². The molecule has 0 aromatic carbocycles. The van der Waals surface area contributed by atoms with Crippen LogP contribution in [0.15, 0.2) is 0 Å². The van der Waals surface area contributed by atoms with Gasteiger partial charge in [-0.15, -0.1) is 0 Å². The number of piperidine rings is 1. The average Bonchev–Trinajstić information content (AvgIpc) is 2.34. The van der Waals surface area contributed by atoms with E-state index in [1.54, 1.807) is 7.11 Å². The number of ether oxygens (including phenoxy) is 2. The zero-order valence-corrected chi connectivity index (χ0v) is 11.5. The highest BCUT2D eigenvalue weighted by molar-refractivity contribution is 4.84. The van der Waals surface area contributed by atoms with Gasteiger partial charge in [0.25, 0.3) is 0 Å². The Balaban J connectivity index is 1.63. The molecule has 0 aromatic heterocycles. The number of fused-ring (bicyclic) bond motifs is 2. The van der Waals surface area contributed by atoms with Gasteiger partial charge in [-0.2, -0.15) is 0 Å². The zero-order chi connectivity index (χ0) is 12.8. The number of aliphatic hydroxyl groups excluding tert-OH is 1. The van der Waals surface area contributed by atoms with Gasteiger partial charge >= 0.3 is 0 Å². The van der Waals surface area contributed by atoms with E-state index in [2.05, 4.69) is 4.90 Å². The summed E-state index contributed by atoms with van der Waals surface area (Å²) in [6.45, 7) is 4.70. The standard InChI is InChI=1S/C14H27NO3/c1-17-5-6-18-11-14(16)10-15-8-12-3-2-4-13(7-12)9-15/h12-14,16H,2-11H2,1H3. The molecule has 1 aliphatic heterocycles. The SMILES string of the molecule is COCCOCC(O)CN1CC2CCCC(C2)C1. The van der Waals surface area contributed by atoms with Crippen molar-refractivity contribution in [1.29, 1.82) is 0 Å². The van der Waals surface area contributed by atoms with Crippen LogP contribution in [-0.2, 0) is 9.47 Å². The van der Waals surface area contributed by atoms with Crippen molar-refractivity contribution in [2.24, 2.45) is 11.8 Å². The topological polar surface area (TPSA) is 41.9 Å². The zero-order valence-electron chi connectivity index (χ0n) is 11.5. The molecule has 1 N–H and O–H groups in total. The molecule has 1 heterocycles. The molecule has 18 heavy (non-hydrogen) atoms. The Kier molecular flexibility index (Phi) is 5.89. The molecule has 0 aromatic rings. The van der Waals surface area contributed by atoms with Crippen molar-refractivity contribution in [2.45, 2.75) is 31.8 Å². The van der Waals surface area contributed by atoms with Crippen LogP contribution in [0.1, 0.15) is 25.7 Å². The van der Waals surface area contributed by atoms with Gasteiger partial charge in [0.2, 0.25) is 0 Å². The van der Waals surface area contributed by atoms with Gasteiger partial charge < -0.3 is 19.5 Å². The summed E-state index contributed by atoms with van der Waals surface area (Å²) in [5.41, 5.74) is 0. The first kappa shape index (κ1) is 14.3. The van der Waals surface area contributed by atoms with Crippen molar-refractivity contribution in [3.8, 4) is 0 Å². The van der Waals surface area contributed by atoms with Crippen LogP contribution in [0.5, 0.6) is 0 Å². The number of hydrogen-bond donors (Lipinski definition) is 1. The van der Waals surface area contributed by atoms with Crippen molar-refractivity contribution < 1.29 is 14.6 Å². The van der Waals surface area contributed by atoms with Crippen LogP contribution in [0.25, 0.3) is 0 Å². The molecule has 3 atom stereocenters. The maximum Gasteiger partial charge on any atom is 0.0900 e. The number of β-amino-alcohol motifs (C(OH)–C–C–N with tert-alkyl or cyclic N) is 1. The Morgan fingerprint density at radius 1 is 1.22 bits per heavy atom. The van der Waals surface area contributed by atoms with Crippen LogP contribution in [0.3, 0.4) is 0 Å². The van der Waals surface area contributed by atoms with E-state index in [0.717, 1.165) is 18.4 Å². The van der Waals surface area contributed by atoms with E-state index in [-0.39, 0.29) is 6.10 Å². The Morgan fingerprint density at radius 3 is 2.61 bits per heavy atom. The van der Waals surface area contributed by atoms with Gasteiger partial charge in [-0.05, 0) is 31.1 Å². The molecule has 2 rings (SSSR count). The lowest BCUT2D eigenvalue weighted by Gasteiger charge is -2.42. The summed E-state index contributed by atoms with van der Waals surface area (Å²) < 4.78 is 10.3. The lowest BCUT2D eigenvalue weighted by atomic mass is 9.78. The van der Waals surface area contributed by atoms with Gasteiger partial charge in [0.15, 0.2) is 0 Å². The second-order valence-corrected chi connectivity index (χ2v) is 5.84. The summed E-state index contributed by atoms with van der Waals surface area (Å²) in [5, 5.41) is 9.96. The van der Waals surface area contributed by atoms with E-state index in [1.807, 2.05) is 0 Å². The highest BCUT2D eigenvalue weighted by atomic mass is 16.5. The maximum absolute atomic E-state index is 9.96. The molecule has 2 bridgehead atoms. The number of aliphatic hydroxyl groups is 1. The highest BCUT2D eigenvalue weighted by Gasteiger charge is 2.30. The molecule has 4 nitrogen and oxygen atoms in total. The predicted molar refractivity (Wildman–Crippen MR) is 70.6 cm³/mol. The van der Waals surface area contributed by atoms with Crippen LogP contribution < -0.4 is 0 Å². The summed E-state index contributed by atoms with van der Waals surface area (Å²) in [6, 6.07) is 0. The van der Waals surface area contributed by atoms with E-state index in [9.17, 15) is 5.11 Å². The fraction of sp³-hybridized carbons (Fsp3) is 1.00. The monoisotopic (exact) mass is 257 g/mol. The molecule has 4 heteroatoms. The normalized spacial score (nSPS) is 30.3. The molecule has 0 spiro atoms. The Hall–Kier alpha value is -0.160. The molecule has 2 aliphatic rings. The molecular weight excluding hydrogens is 230 g/mol. The van der Waals surface area contributed by atoms with Crippen molar-refractivity contribution >= 4 is 0 Å². The second-order valence-electron chi connectivity index (χ2n) is 5.84. The number of rotatable bonds is 7. The highest BCUT2D eigenvalue weighted by Crippen LogP contribution is 2.34. The van der Waals surface area contributed by atoms with Crippen LogP contribution in [-0.4, -0.2) is 62.7 Å². The minimum Gasteiger partial charge on any atom is -0.389 e. The van der Waals surface area contributed by atoms with Crippen molar-refractivity contribution in [1.82, 2.24) is 4.90 Å². The number of methoxy groups -OCH3 is 1. The molecular formula is C14H27NO3. The summed E-state index contributed by atoms with van der Waals surface area (Å²) in [4.78, 5) is 2.43. The number of likely N-dealkylation sites (tertiary alicyclic amines) is 1. The van der Waals surface area contributed by atoms with Crippen molar-refractivity contribution in [3.05, 3.63) is 0 Å². The lowest BCUT2D eigenvalue weighted by molar-refractivity contribution is -0.0148. The summed E-state index contributed by atoms with van der Waals surface area (Å²) in [5.74, 6) is 1.75. The third-order valence-electron chi connectivity index (χ3n) is 4.14. The fourth-order valence-electron chi connectivity index (χ4n) is 3.40. The van der Waals surface area contributed by atoms with Crippen molar-refractivity contribution in [2.75, 3.05) is 46.6 Å². The molecule has 1 saturated carbocycles. The molecule has 1 saturated heterocycles. The van der Waals surface area contributed by atoms with E-state index >= 15 is 0 Å². The lowest BCUT2D eigenvalue weighted by Crippen LogP contribution is -2.46. The van der Waals surface area contributed by atoms with Crippen LogP contribution >= 0.6 is 0 Å². The van der Waals surface area contributed by atoms with Crippen LogP contribution in [0, 0.1) is 11.8 Å². The van der Waals surface area contributed by atoms with E-state index in [4.69, 9.17) is 9.47 Å². The average molecular weight is 257 g/mol. The Labute approximate surface area is 110 Å². The first-order valence-electron chi connectivity index (χ1n) is 7.25. The van der Waals surface area contributed by atoms with Gasteiger partial charge in [0.05, 0.1) is 25.9 Å². The molecule has 1 aliphatic carbocycles. The largest absolute Gasteiger partial charge is 0.389 e. The summed E-state index contributed by atoms with van der Waals surface area (Å²) in [6.07, 6.45) is 5.23. The molecule has 3 unspecified atom stereocenters. The molecule has 0 radical (unpaired) electrons. The summed E-state index contributed by atoms with van der Waals surface area (Å²) >= 11 is 0. The van der Waals surface area contributed by atoms with E-state index in [1.165, 1.54) is 38.8 Å². The minimum absolute atomic E-state index is 0.360. The molecule has 106 valence electrons. The fourth-order valence-corrected chi connectivity index (χ4v) is 3.40. The third kappa shape index (κ3) is 4.50. The molecule has 0 amide bonds. The van der Waals surface area contributed by atoms with Gasteiger partial charge in [-0.1, -0.05) is 6.42 Å². The number of nitrogens with zero attached hydrogens (tertiary/aromatic N) is 1. The van der Waals surface area contributed by atoms with Gasteiger partial charge in [-0.3, -0.25) is 0 Å². The quantitative estimate of drug-likeness (QED) is 0.694. The maximum atomic E-state index is 9.96. The van der Waals surface area contributed by atoms with Crippen molar-refractivity contribution in [3.63, 3.8) is 0 Å². The van der Waals surface area contributed by atoms with Gasteiger partial charge in [0.1, 0.15) is 0 Å². The predicted octanol–water partition coefficient (Wildman–Crippen LogP) is 1.13. The second kappa shape index (κ2) is 7.43. The molecule has 2 fully saturated rings. The van der Waals surface area contributed by atoms with E-state index < -0.39 is 0 Å². The first-order chi connectivity index (χ1) is 8.78. The number of hydrogen-bond acceptors (Lipinski definition) is 4.